The molecule has 4 rings (SSSR count). The molecule has 164 valence electrons. The standard InChI is InChI=1S/C22H19BrN4O5/c1-4-32-18-8-6-5-7-16(18)26-12-17-19(21(28)25(3)22(29)24(17)2)20(26)14-11-13(27(30)31)9-10-15(14)23/h5-12H,4H2,1-3H3. The number of hydrogen-bond donors (Lipinski definition) is 0. The first-order valence-electron chi connectivity index (χ1n) is 9.73. The molecule has 0 aliphatic carbocycles. The summed E-state index contributed by atoms with van der Waals surface area (Å²) in [5.41, 5.74) is 0.803. The van der Waals surface area contributed by atoms with Crippen LogP contribution in [0.1, 0.15) is 6.92 Å². The fourth-order valence-corrected chi connectivity index (χ4v) is 4.17. The van der Waals surface area contributed by atoms with Crippen LogP contribution in [0.4, 0.5) is 5.69 Å². The second kappa shape index (κ2) is 8.12. The van der Waals surface area contributed by atoms with Gasteiger partial charge in [-0.15, -0.1) is 0 Å². The van der Waals surface area contributed by atoms with Crippen LogP contribution in [0.3, 0.4) is 0 Å². The Labute approximate surface area is 190 Å². The molecular formula is C22H19BrN4O5. The Kier molecular flexibility index (Phi) is 5.47. The van der Waals surface area contributed by atoms with Crippen LogP contribution in [-0.4, -0.2) is 25.2 Å². The molecule has 32 heavy (non-hydrogen) atoms. The lowest BCUT2D eigenvalue weighted by atomic mass is 10.1. The fourth-order valence-electron chi connectivity index (χ4n) is 3.74. The number of halogens is 1. The van der Waals surface area contributed by atoms with E-state index in [1.54, 1.807) is 29.9 Å². The lowest BCUT2D eigenvalue weighted by Gasteiger charge is -2.15. The van der Waals surface area contributed by atoms with Gasteiger partial charge in [0.1, 0.15) is 5.75 Å². The van der Waals surface area contributed by atoms with Crippen LogP contribution in [0.15, 0.2) is 62.7 Å². The highest BCUT2D eigenvalue weighted by molar-refractivity contribution is 9.10. The first kappa shape index (κ1) is 21.6. The van der Waals surface area contributed by atoms with Gasteiger partial charge in [0.25, 0.3) is 11.2 Å². The fraction of sp³-hybridized carbons (Fsp3) is 0.182. The maximum atomic E-state index is 13.2. The minimum atomic E-state index is -0.496. The topological polar surface area (TPSA) is 101 Å². The number of fused-ring (bicyclic) bond motifs is 1. The normalized spacial score (nSPS) is 11.1. The summed E-state index contributed by atoms with van der Waals surface area (Å²) in [6.45, 7) is 2.29. The summed E-state index contributed by atoms with van der Waals surface area (Å²) < 4.78 is 10.5. The van der Waals surface area contributed by atoms with Crippen molar-refractivity contribution in [3.63, 3.8) is 0 Å². The highest BCUT2D eigenvalue weighted by atomic mass is 79.9. The molecular weight excluding hydrogens is 480 g/mol. The number of rotatable bonds is 5. The van der Waals surface area contributed by atoms with Crippen molar-refractivity contribution in [1.29, 1.82) is 0 Å². The predicted octanol–water partition coefficient (Wildman–Crippen LogP) is 3.76. The predicted molar refractivity (Wildman–Crippen MR) is 125 cm³/mol. The summed E-state index contributed by atoms with van der Waals surface area (Å²) in [7, 11) is 2.98. The molecule has 0 aliphatic heterocycles. The van der Waals surface area contributed by atoms with Crippen molar-refractivity contribution in [1.82, 2.24) is 13.7 Å². The minimum Gasteiger partial charge on any atom is -0.492 e. The molecule has 0 aliphatic rings. The van der Waals surface area contributed by atoms with E-state index >= 15 is 0 Å². The zero-order valence-electron chi connectivity index (χ0n) is 17.5. The molecule has 0 saturated carbocycles. The number of non-ortho nitro benzene ring substituents is 1. The maximum absolute atomic E-state index is 13.2. The van der Waals surface area contributed by atoms with Crippen LogP contribution in [0.5, 0.6) is 5.75 Å². The van der Waals surface area contributed by atoms with Gasteiger partial charge in [0.15, 0.2) is 0 Å². The van der Waals surface area contributed by atoms with E-state index in [0.717, 1.165) is 4.57 Å². The second-order valence-corrected chi connectivity index (χ2v) is 7.99. The van der Waals surface area contributed by atoms with Gasteiger partial charge in [0.2, 0.25) is 0 Å². The molecule has 0 fully saturated rings. The Morgan fingerprint density at radius 1 is 1.09 bits per heavy atom. The summed E-state index contributed by atoms with van der Waals surface area (Å²) in [5.74, 6) is 0.569. The zero-order chi connectivity index (χ0) is 23.2. The molecule has 10 heteroatoms. The lowest BCUT2D eigenvalue weighted by Crippen LogP contribution is -2.36. The Morgan fingerprint density at radius 3 is 2.50 bits per heavy atom. The molecule has 2 aromatic carbocycles. The van der Waals surface area contributed by atoms with E-state index in [1.165, 1.54) is 23.7 Å². The highest BCUT2D eigenvalue weighted by Gasteiger charge is 2.24. The molecule has 0 bridgehead atoms. The van der Waals surface area contributed by atoms with E-state index in [9.17, 15) is 19.7 Å². The summed E-state index contributed by atoms with van der Waals surface area (Å²) in [6, 6.07) is 11.6. The van der Waals surface area contributed by atoms with Crippen molar-refractivity contribution in [3.8, 4) is 22.7 Å². The van der Waals surface area contributed by atoms with Crippen LogP contribution >= 0.6 is 15.9 Å². The van der Waals surface area contributed by atoms with Crippen LogP contribution in [0, 0.1) is 10.1 Å². The third-order valence-electron chi connectivity index (χ3n) is 5.28. The number of para-hydroxylation sites is 2. The third-order valence-corrected chi connectivity index (χ3v) is 5.97. The van der Waals surface area contributed by atoms with Crippen molar-refractivity contribution in [3.05, 3.63) is 84.1 Å². The number of aryl methyl sites for hydroxylation is 1. The Hall–Kier alpha value is -3.66. The summed E-state index contributed by atoms with van der Waals surface area (Å²) in [6.07, 6.45) is 1.68. The van der Waals surface area contributed by atoms with Crippen molar-refractivity contribution in [2.45, 2.75) is 6.92 Å². The average Bonchev–Trinajstić information content (AvgIpc) is 3.17. The number of nitro benzene ring substituents is 1. The van der Waals surface area contributed by atoms with Gasteiger partial charge in [-0.25, -0.2) is 4.79 Å². The van der Waals surface area contributed by atoms with E-state index in [0.29, 0.717) is 39.3 Å². The quantitative estimate of drug-likeness (QED) is 0.308. The van der Waals surface area contributed by atoms with Gasteiger partial charge in [-0.3, -0.25) is 24.0 Å². The molecule has 2 heterocycles. The van der Waals surface area contributed by atoms with E-state index in [1.807, 2.05) is 25.1 Å². The second-order valence-electron chi connectivity index (χ2n) is 7.14. The van der Waals surface area contributed by atoms with Gasteiger partial charge in [-0.2, -0.15) is 0 Å². The van der Waals surface area contributed by atoms with Gasteiger partial charge in [0, 0.05) is 42.5 Å². The van der Waals surface area contributed by atoms with Gasteiger partial charge >= 0.3 is 5.69 Å². The van der Waals surface area contributed by atoms with Gasteiger partial charge in [-0.05, 0) is 25.1 Å². The van der Waals surface area contributed by atoms with E-state index in [-0.39, 0.29) is 11.1 Å². The number of aromatic nitrogens is 3. The van der Waals surface area contributed by atoms with E-state index in [2.05, 4.69) is 15.9 Å². The molecule has 0 atom stereocenters. The Morgan fingerprint density at radius 2 is 1.81 bits per heavy atom. The maximum Gasteiger partial charge on any atom is 0.330 e. The largest absolute Gasteiger partial charge is 0.492 e. The van der Waals surface area contributed by atoms with Crippen molar-refractivity contribution in [2.24, 2.45) is 14.1 Å². The number of ether oxygens (including phenoxy) is 1. The van der Waals surface area contributed by atoms with E-state index in [4.69, 9.17) is 4.74 Å². The number of nitro groups is 1. The Balaban J connectivity index is 2.23. The van der Waals surface area contributed by atoms with Crippen LogP contribution in [-0.2, 0) is 14.1 Å². The van der Waals surface area contributed by atoms with Crippen molar-refractivity contribution >= 4 is 32.5 Å². The van der Waals surface area contributed by atoms with Gasteiger partial charge in [-0.1, -0.05) is 28.1 Å². The first-order valence-corrected chi connectivity index (χ1v) is 10.5. The SMILES string of the molecule is CCOc1ccccc1-n1cc2c(c1-c1cc([N+](=O)[O-])ccc1Br)c(=O)n(C)c(=O)n2C. The molecule has 0 saturated heterocycles. The average molecular weight is 499 g/mol. The molecule has 0 spiro atoms. The molecule has 9 nitrogen and oxygen atoms in total. The highest BCUT2D eigenvalue weighted by Crippen LogP contribution is 2.39. The third kappa shape index (κ3) is 3.32. The molecule has 0 amide bonds. The molecule has 0 unspecified atom stereocenters. The van der Waals surface area contributed by atoms with Crippen molar-refractivity contribution in [2.75, 3.05) is 6.61 Å². The summed E-state index contributed by atoms with van der Waals surface area (Å²) >= 11 is 3.47. The van der Waals surface area contributed by atoms with Gasteiger partial charge in [0.05, 0.1) is 33.8 Å². The van der Waals surface area contributed by atoms with E-state index < -0.39 is 16.2 Å². The summed E-state index contributed by atoms with van der Waals surface area (Å²) in [4.78, 5) is 36.8. The smallest absolute Gasteiger partial charge is 0.330 e. The van der Waals surface area contributed by atoms with Crippen LogP contribution in [0.2, 0.25) is 0 Å². The Bertz CT molecular complexity index is 1500. The van der Waals surface area contributed by atoms with Gasteiger partial charge < -0.3 is 9.30 Å². The molecule has 0 radical (unpaired) electrons. The van der Waals surface area contributed by atoms with Crippen molar-refractivity contribution < 1.29 is 9.66 Å². The molecule has 2 aromatic heterocycles. The summed E-state index contributed by atoms with van der Waals surface area (Å²) in [5, 5.41) is 11.7. The zero-order valence-corrected chi connectivity index (χ0v) is 19.1. The first-order chi connectivity index (χ1) is 15.3. The molecule has 4 aromatic rings. The number of nitrogens with zero attached hydrogens (tertiary/aromatic N) is 4. The monoisotopic (exact) mass is 498 g/mol. The minimum absolute atomic E-state index is 0.121. The van der Waals surface area contributed by atoms with Crippen LogP contribution in [0.25, 0.3) is 27.8 Å². The van der Waals surface area contributed by atoms with Crippen LogP contribution < -0.4 is 16.0 Å². The lowest BCUT2D eigenvalue weighted by molar-refractivity contribution is -0.384. The molecule has 0 N–H and O–H groups in total. The number of hydrogen-bond acceptors (Lipinski definition) is 5. The number of benzene rings is 2.